The zero-order valence-electron chi connectivity index (χ0n) is 19.9. The lowest BCUT2D eigenvalue weighted by Crippen LogP contribution is -2.36. The van der Waals surface area contributed by atoms with Gasteiger partial charge in [-0.05, 0) is 48.9 Å². The number of rotatable bonds is 9. The Kier molecular flexibility index (Phi) is 10.1. The van der Waals surface area contributed by atoms with Crippen molar-refractivity contribution in [3.63, 3.8) is 0 Å². The van der Waals surface area contributed by atoms with Crippen LogP contribution in [0.25, 0.3) is 0 Å². The van der Waals surface area contributed by atoms with Gasteiger partial charge in [0.1, 0.15) is 0 Å². The number of guanidine groups is 1. The number of halogens is 1. The Morgan fingerprint density at radius 3 is 2.56 bits per heavy atom. The van der Waals surface area contributed by atoms with Crippen molar-refractivity contribution in [3.8, 4) is 11.5 Å². The van der Waals surface area contributed by atoms with Gasteiger partial charge in [-0.15, -0.1) is 24.0 Å². The molecular formula is C26H34IN5O2. The van der Waals surface area contributed by atoms with Crippen molar-refractivity contribution in [3.05, 3.63) is 77.6 Å². The fourth-order valence-corrected chi connectivity index (χ4v) is 4.17. The molecule has 8 heteroatoms. The number of nitrogens with zero attached hydrogens (tertiary/aromatic N) is 3. The number of aliphatic imine (C=N–C) groups is 1. The number of hydrogen-bond acceptors (Lipinski definition) is 4. The molecule has 1 saturated carbocycles. The maximum Gasteiger partial charge on any atom is 0.191 e. The zero-order chi connectivity index (χ0) is 22.9. The van der Waals surface area contributed by atoms with Crippen LogP contribution >= 0.6 is 24.0 Å². The summed E-state index contributed by atoms with van der Waals surface area (Å²) in [5.41, 5.74) is 3.46. The Morgan fingerprint density at radius 1 is 1.06 bits per heavy atom. The number of nitrogens with one attached hydrogen (secondary N) is 2. The van der Waals surface area contributed by atoms with Gasteiger partial charge in [0.2, 0.25) is 0 Å². The van der Waals surface area contributed by atoms with E-state index in [9.17, 15) is 0 Å². The number of para-hydroxylation sites is 1. The van der Waals surface area contributed by atoms with E-state index in [1.165, 1.54) is 24.0 Å². The molecule has 0 atom stereocenters. The number of benzene rings is 2. The third-order valence-corrected chi connectivity index (χ3v) is 5.89. The van der Waals surface area contributed by atoms with Crippen LogP contribution in [0.4, 0.5) is 0 Å². The molecule has 1 aromatic heterocycles. The van der Waals surface area contributed by atoms with Crippen LogP contribution in [-0.2, 0) is 19.6 Å². The minimum absolute atomic E-state index is 0. The normalized spacial score (nSPS) is 13.9. The van der Waals surface area contributed by atoms with Gasteiger partial charge in [0.25, 0.3) is 0 Å². The first-order valence-corrected chi connectivity index (χ1v) is 11.6. The maximum atomic E-state index is 6.35. The molecule has 0 saturated heterocycles. The fourth-order valence-electron chi connectivity index (χ4n) is 4.17. The first kappa shape index (κ1) is 25.9. The SMILES string of the molecule is CN=C(NCc1cccc(Cn2cccn2)c1)NCc1cccc(OC)c1OC1CCCC1.I. The number of aromatic nitrogens is 2. The van der Waals surface area contributed by atoms with E-state index in [0.29, 0.717) is 13.1 Å². The summed E-state index contributed by atoms with van der Waals surface area (Å²) in [5.74, 6) is 2.35. The maximum absolute atomic E-state index is 6.35. The third kappa shape index (κ3) is 7.12. The van der Waals surface area contributed by atoms with Crippen LogP contribution in [0, 0.1) is 0 Å². The van der Waals surface area contributed by atoms with Crippen molar-refractivity contribution in [2.24, 2.45) is 4.99 Å². The summed E-state index contributed by atoms with van der Waals surface area (Å²) < 4.78 is 13.8. The van der Waals surface area contributed by atoms with Crippen LogP contribution < -0.4 is 20.1 Å². The molecular weight excluding hydrogens is 541 g/mol. The second kappa shape index (κ2) is 13.2. The molecule has 0 aliphatic heterocycles. The molecule has 0 spiro atoms. The van der Waals surface area contributed by atoms with Crippen molar-refractivity contribution in [1.29, 1.82) is 0 Å². The Morgan fingerprint density at radius 2 is 1.82 bits per heavy atom. The quantitative estimate of drug-likeness (QED) is 0.219. The van der Waals surface area contributed by atoms with Gasteiger partial charge in [-0.25, -0.2) is 0 Å². The van der Waals surface area contributed by atoms with E-state index in [2.05, 4.69) is 51.1 Å². The van der Waals surface area contributed by atoms with Gasteiger partial charge in [0.05, 0.1) is 19.8 Å². The summed E-state index contributed by atoms with van der Waals surface area (Å²) in [6.07, 6.45) is 8.71. The van der Waals surface area contributed by atoms with Crippen LogP contribution in [0.1, 0.15) is 42.4 Å². The molecule has 0 amide bonds. The van der Waals surface area contributed by atoms with Crippen molar-refractivity contribution >= 4 is 29.9 Å². The van der Waals surface area contributed by atoms with Crippen LogP contribution in [0.15, 0.2) is 65.9 Å². The van der Waals surface area contributed by atoms with E-state index < -0.39 is 0 Å². The molecule has 7 nitrogen and oxygen atoms in total. The van der Waals surface area contributed by atoms with E-state index in [-0.39, 0.29) is 30.1 Å². The number of ether oxygens (including phenoxy) is 2. The largest absolute Gasteiger partial charge is 0.493 e. The summed E-state index contributed by atoms with van der Waals surface area (Å²) in [7, 11) is 3.47. The third-order valence-electron chi connectivity index (χ3n) is 5.89. The van der Waals surface area contributed by atoms with Crippen LogP contribution in [0.5, 0.6) is 11.5 Å². The van der Waals surface area contributed by atoms with E-state index in [1.54, 1.807) is 20.4 Å². The number of hydrogen-bond donors (Lipinski definition) is 2. The summed E-state index contributed by atoms with van der Waals surface area (Å²) in [4.78, 5) is 4.39. The van der Waals surface area contributed by atoms with Gasteiger partial charge in [-0.1, -0.05) is 36.4 Å². The van der Waals surface area contributed by atoms with E-state index in [4.69, 9.17) is 9.47 Å². The second-order valence-corrected chi connectivity index (χ2v) is 8.28. The lowest BCUT2D eigenvalue weighted by molar-refractivity contribution is 0.198. The predicted molar refractivity (Wildman–Crippen MR) is 146 cm³/mol. The predicted octanol–water partition coefficient (Wildman–Crippen LogP) is 4.74. The van der Waals surface area contributed by atoms with Crippen molar-refractivity contribution in [2.45, 2.75) is 51.4 Å². The van der Waals surface area contributed by atoms with Gasteiger partial charge in [0, 0.05) is 38.1 Å². The molecule has 0 radical (unpaired) electrons. The Bertz CT molecular complexity index is 1050. The molecule has 3 aromatic rings. The highest BCUT2D eigenvalue weighted by molar-refractivity contribution is 14.0. The molecule has 2 N–H and O–H groups in total. The molecule has 182 valence electrons. The highest BCUT2D eigenvalue weighted by Crippen LogP contribution is 2.34. The lowest BCUT2D eigenvalue weighted by atomic mass is 10.1. The average Bonchev–Trinajstić information content (AvgIpc) is 3.55. The minimum Gasteiger partial charge on any atom is -0.493 e. The van der Waals surface area contributed by atoms with Gasteiger partial charge in [-0.3, -0.25) is 9.67 Å². The molecule has 1 fully saturated rings. The monoisotopic (exact) mass is 575 g/mol. The molecule has 0 bridgehead atoms. The highest BCUT2D eigenvalue weighted by atomic mass is 127. The standard InChI is InChI=1S/C26H33N5O2.HI/c1-27-26(28-17-20-8-5-9-21(16-20)19-31-15-7-14-30-31)29-18-22-10-6-13-24(32-2)25(22)33-23-11-3-4-12-23;/h5-10,13-16,23H,3-4,11-12,17-19H2,1-2H3,(H2,27,28,29);1H. The smallest absolute Gasteiger partial charge is 0.191 e. The van der Waals surface area contributed by atoms with Crippen molar-refractivity contribution in [1.82, 2.24) is 20.4 Å². The zero-order valence-corrected chi connectivity index (χ0v) is 22.2. The van der Waals surface area contributed by atoms with E-state index >= 15 is 0 Å². The molecule has 2 aromatic carbocycles. The Labute approximate surface area is 219 Å². The van der Waals surface area contributed by atoms with E-state index in [1.807, 2.05) is 29.1 Å². The topological polar surface area (TPSA) is 72.7 Å². The summed E-state index contributed by atoms with van der Waals surface area (Å²) in [5, 5.41) is 11.1. The summed E-state index contributed by atoms with van der Waals surface area (Å²) >= 11 is 0. The van der Waals surface area contributed by atoms with Crippen LogP contribution in [0.3, 0.4) is 0 Å². The van der Waals surface area contributed by atoms with Gasteiger partial charge in [0.15, 0.2) is 17.5 Å². The van der Waals surface area contributed by atoms with Gasteiger partial charge >= 0.3 is 0 Å². The van der Waals surface area contributed by atoms with Gasteiger partial charge in [-0.2, -0.15) is 5.10 Å². The molecule has 0 unspecified atom stereocenters. The Balaban J connectivity index is 0.00000324. The minimum atomic E-state index is 0. The number of methoxy groups -OCH3 is 1. The highest BCUT2D eigenvalue weighted by Gasteiger charge is 2.20. The lowest BCUT2D eigenvalue weighted by Gasteiger charge is -2.20. The molecule has 1 aliphatic rings. The van der Waals surface area contributed by atoms with Crippen molar-refractivity contribution < 1.29 is 9.47 Å². The molecule has 1 heterocycles. The van der Waals surface area contributed by atoms with E-state index in [0.717, 1.165) is 42.4 Å². The molecule has 4 rings (SSSR count). The second-order valence-electron chi connectivity index (χ2n) is 8.28. The fraction of sp³-hybridized carbons (Fsp3) is 0.385. The van der Waals surface area contributed by atoms with Gasteiger partial charge < -0.3 is 20.1 Å². The first-order chi connectivity index (χ1) is 16.2. The average molecular weight is 575 g/mol. The first-order valence-electron chi connectivity index (χ1n) is 11.6. The molecule has 34 heavy (non-hydrogen) atoms. The van der Waals surface area contributed by atoms with Crippen molar-refractivity contribution in [2.75, 3.05) is 14.2 Å². The van der Waals surface area contributed by atoms with Crippen LogP contribution in [-0.4, -0.2) is 36.0 Å². The molecule has 1 aliphatic carbocycles. The summed E-state index contributed by atoms with van der Waals surface area (Å²) in [6, 6.07) is 16.5. The Hall–Kier alpha value is -2.75. The summed E-state index contributed by atoms with van der Waals surface area (Å²) in [6.45, 7) is 2.03. The van der Waals surface area contributed by atoms with Crippen LogP contribution in [0.2, 0.25) is 0 Å².